The lowest BCUT2D eigenvalue weighted by atomic mass is 9.85. The number of halogens is 1. The van der Waals surface area contributed by atoms with E-state index >= 15 is 0 Å². The number of anilines is 1. The lowest BCUT2D eigenvalue weighted by Gasteiger charge is -2.24. The predicted octanol–water partition coefficient (Wildman–Crippen LogP) is 3.04. The molecule has 4 heterocycles. The van der Waals surface area contributed by atoms with Gasteiger partial charge in [-0.25, -0.2) is 0 Å². The maximum Gasteiger partial charge on any atom is 0.226 e. The summed E-state index contributed by atoms with van der Waals surface area (Å²) in [5, 5.41) is 15.8. The van der Waals surface area contributed by atoms with Crippen LogP contribution in [0.4, 0.5) is 5.82 Å². The number of nitrogens with one attached hydrogen (secondary N) is 1. The predicted molar refractivity (Wildman–Crippen MR) is 104 cm³/mol. The first-order valence-corrected chi connectivity index (χ1v) is 9.07. The molecular formula is C19H14ClN7O. The maximum absolute atomic E-state index is 12.5. The summed E-state index contributed by atoms with van der Waals surface area (Å²) in [6.07, 6.45) is 3.65. The quantitative estimate of drug-likeness (QED) is 0.564. The van der Waals surface area contributed by atoms with Gasteiger partial charge in [0.05, 0.1) is 16.7 Å². The third-order valence-corrected chi connectivity index (χ3v) is 5.03. The topological polar surface area (TPSA) is 98.5 Å². The number of amides is 1. The SMILES string of the molecule is Cc1nn(-c2ccc(Cl)nn2)c2c1C(c1ccc3nccnc3c1)CC(=O)N2. The molecule has 1 N–H and O–H groups in total. The van der Waals surface area contributed by atoms with Gasteiger partial charge in [-0.2, -0.15) is 9.78 Å². The monoisotopic (exact) mass is 391 g/mol. The fraction of sp³-hybridized carbons (Fsp3) is 0.158. The molecule has 0 saturated carbocycles. The van der Waals surface area contributed by atoms with E-state index in [2.05, 4.69) is 30.6 Å². The Labute approximate surface area is 164 Å². The Morgan fingerprint density at radius 3 is 2.71 bits per heavy atom. The summed E-state index contributed by atoms with van der Waals surface area (Å²) in [4.78, 5) is 21.2. The van der Waals surface area contributed by atoms with Crippen LogP contribution in [0.25, 0.3) is 16.9 Å². The fourth-order valence-electron chi connectivity index (χ4n) is 3.62. The first-order chi connectivity index (χ1) is 13.6. The molecule has 0 bridgehead atoms. The second-order valence-electron chi connectivity index (χ2n) is 6.58. The average molecular weight is 392 g/mol. The van der Waals surface area contributed by atoms with Gasteiger partial charge in [-0.05, 0) is 36.8 Å². The number of aryl methyl sites for hydroxylation is 1. The summed E-state index contributed by atoms with van der Waals surface area (Å²) in [5.74, 6) is 0.873. The molecule has 0 radical (unpaired) electrons. The van der Waals surface area contributed by atoms with E-state index in [4.69, 9.17) is 11.6 Å². The number of benzene rings is 1. The molecule has 1 unspecified atom stereocenters. The van der Waals surface area contributed by atoms with Crippen LogP contribution in [-0.2, 0) is 4.79 Å². The third kappa shape index (κ3) is 2.69. The van der Waals surface area contributed by atoms with Crippen LogP contribution in [0.3, 0.4) is 0 Å². The average Bonchev–Trinajstić information content (AvgIpc) is 3.04. The zero-order valence-corrected chi connectivity index (χ0v) is 15.6. The van der Waals surface area contributed by atoms with Crippen molar-refractivity contribution in [3.05, 3.63) is 64.7 Å². The summed E-state index contributed by atoms with van der Waals surface area (Å²) in [7, 11) is 0. The van der Waals surface area contributed by atoms with Crippen molar-refractivity contribution >= 4 is 34.4 Å². The van der Waals surface area contributed by atoms with Gasteiger partial charge >= 0.3 is 0 Å². The van der Waals surface area contributed by atoms with Crippen molar-refractivity contribution in [3.63, 3.8) is 0 Å². The van der Waals surface area contributed by atoms with Crippen LogP contribution in [0, 0.1) is 6.92 Å². The highest BCUT2D eigenvalue weighted by Gasteiger charge is 2.33. The lowest BCUT2D eigenvalue weighted by Crippen LogP contribution is -2.25. The molecule has 4 aromatic rings. The van der Waals surface area contributed by atoms with Crippen molar-refractivity contribution < 1.29 is 4.79 Å². The van der Waals surface area contributed by atoms with Gasteiger partial charge in [0.25, 0.3) is 0 Å². The Balaban J connectivity index is 1.66. The van der Waals surface area contributed by atoms with Gasteiger partial charge in [0, 0.05) is 30.3 Å². The first-order valence-electron chi connectivity index (χ1n) is 8.70. The van der Waals surface area contributed by atoms with E-state index in [0.29, 0.717) is 23.2 Å². The van der Waals surface area contributed by atoms with Gasteiger partial charge in [0.2, 0.25) is 5.91 Å². The molecule has 1 aliphatic heterocycles. The van der Waals surface area contributed by atoms with Crippen molar-refractivity contribution in [2.75, 3.05) is 5.32 Å². The number of carbonyl (C=O) groups is 1. The number of hydrogen-bond acceptors (Lipinski definition) is 6. The number of hydrogen-bond donors (Lipinski definition) is 1. The Hall–Kier alpha value is -3.39. The molecule has 1 atom stereocenters. The van der Waals surface area contributed by atoms with Crippen LogP contribution in [0.2, 0.25) is 5.15 Å². The fourth-order valence-corrected chi connectivity index (χ4v) is 3.72. The highest BCUT2D eigenvalue weighted by molar-refractivity contribution is 6.29. The summed E-state index contributed by atoms with van der Waals surface area (Å²) in [6, 6.07) is 9.24. The van der Waals surface area contributed by atoms with Crippen LogP contribution in [0.1, 0.15) is 29.2 Å². The van der Waals surface area contributed by atoms with Crippen LogP contribution >= 0.6 is 11.6 Å². The molecule has 138 valence electrons. The van der Waals surface area contributed by atoms with E-state index in [1.165, 1.54) is 0 Å². The first kappa shape index (κ1) is 16.8. The van der Waals surface area contributed by atoms with Crippen molar-refractivity contribution in [1.82, 2.24) is 29.9 Å². The third-order valence-electron chi connectivity index (χ3n) is 4.83. The largest absolute Gasteiger partial charge is 0.310 e. The zero-order valence-electron chi connectivity index (χ0n) is 14.8. The van der Waals surface area contributed by atoms with Gasteiger partial charge in [0.1, 0.15) is 5.82 Å². The molecule has 0 saturated heterocycles. The molecule has 1 aliphatic rings. The van der Waals surface area contributed by atoms with E-state index in [9.17, 15) is 4.79 Å². The second kappa shape index (κ2) is 6.35. The molecule has 3 aromatic heterocycles. The van der Waals surface area contributed by atoms with Crippen molar-refractivity contribution in [2.24, 2.45) is 0 Å². The molecule has 0 spiro atoms. The summed E-state index contributed by atoms with van der Waals surface area (Å²) >= 11 is 5.84. The van der Waals surface area contributed by atoms with Crippen LogP contribution in [0.5, 0.6) is 0 Å². The van der Waals surface area contributed by atoms with Gasteiger partial charge in [-0.1, -0.05) is 17.7 Å². The van der Waals surface area contributed by atoms with Crippen LogP contribution in [0.15, 0.2) is 42.7 Å². The summed E-state index contributed by atoms with van der Waals surface area (Å²) in [6.45, 7) is 1.92. The minimum atomic E-state index is -0.135. The molecule has 5 rings (SSSR count). The van der Waals surface area contributed by atoms with Crippen LogP contribution in [-0.4, -0.2) is 35.9 Å². The van der Waals surface area contributed by atoms with E-state index in [0.717, 1.165) is 27.9 Å². The summed E-state index contributed by atoms with van der Waals surface area (Å²) in [5.41, 5.74) is 4.38. The van der Waals surface area contributed by atoms with Gasteiger partial charge in [-0.3, -0.25) is 14.8 Å². The van der Waals surface area contributed by atoms with Crippen LogP contribution < -0.4 is 5.32 Å². The van der Waals surface area contributed by atoms with E-state index < -0.39 is 0 Å². The van der Waals surface area contributed by atoms with Gasteiger partial charge in [-0.15, -0.1) is 10.2 Å². The van der Waals surface area contributed by atoms with E-state index in [1.54, 1.807) is 29.2 Å². The molecule has 28 heavy (non-hydrogen) atoms. The molecule has 0 fully saturated rings. The number of aromatic nitrogens is 6. The Morgan fingerprint density at radius 1 is 1.11 bits per heavy atom. The normalized spacial score (nSPS) is 16.1. The van der Waals surface area contributed by atoms with Crippen molar-refractivity contribution in [3.8, 4) is 5.82 Å². The number of fused-ring (bicyclic) bond motifs is 2. The Morgan fingerprint density at radius 2 is 1.93 bits per heavy atom. The number of rotatable bonds is 2. The smallest absolute Gasteiger partial charge is 0.226 e. The van der Waals surface area contributed by atoms with Crippen molar-refractivity contribution in [2.45, 2.75) is 19.3 Å². The number of nitrogens with zero attached hydrogens (tertiary/aromatic N) is 6. The highest BCUT2D eigenvalue weighted by Crippen LogP contribution is 2.40. The molecule has 1 aromatic carbocycles. The molecule has 8 nitrogen and oxygen atoms in total. The van der Waals surface area contributed by atoms with Gasteiger partial charge < -0.3 is 5.32 Å². The van der Waals surface area contributed by atoms with E-state index in [1.807, 2.05) is 25.1 Å². The maximum atomic E-state index is 12.5. The standard InChI is InChI=1S/C19H14ClN7O/c1-10-18-12(11-2-3-13-14(8-11)22-7-6-21-13)9-17(28)23-19(18)27(26-10)16-5-4-15(20)24-25-16/h2-8,12H,9H2,1H3,(H,23,28). The lowest BCUT2D eigenvalue weighted by molar-refractivity contribution is -0.116. The minimum Gasteiger partial charge on any atom is -0.310 e. The molecule has 1 amide bonds. The Kier molecular flexibility index (Phi) is 3.80. The minimum absolute atomic E-state index is 0.0835. The molecule has 9 heteroatoms. The molecule has 0 aliphatic carbocycles. The molecular weight excluding hydrogens is 378 g/mol. The van der Waals surface area contributed by atoms with E-state index in [-0.39, 0.29) is 11.8 Å². The van der Waals surface area contributed by atoms with Gasteiger partial charge in [0.15, 0.2) is 11.0 Å². The Bertz CT molecular complexity index is 1220. The summed E-state index contributed by atoms with van der Waals surface area (Å²) < 4.78 is 1.60. The zero-order chi connectivity index (χ0) is 19.3. The van der Waals surface area contributed by atoms with Crippen molar-refractivity contribution in [1.29, 1.82) is 0 Å². The number of carbonyl (C=O) groups excluding carboxylic acids is 1. The highest BCUT2D eigenvalue weighted by atomic mass is 35.5. The second-order valence-corrected chi connectivity index (χ2v) is 6.97.